The third-order valence-electron chi connectivity index (χ3n) is 4.69. The lowest BCUT2D eigenvalue weighted by molar-refractivity contribution is 0.0540. The Kier molecular flexibility index (Phi) is 7.00. The number of ether oxygens (including phenoxy) is 1. The molecule has 1 aliphatic rings. The van der Waals surface area contributed by atoms with E-state index in [1.807, 2.05) is 30.3 Å². The van der Waals surface area contributed by atoms with Crippen molar-refractivity contribution in [1.82, 2.24) is 14.8 Å². The Morgan fingerprint density at radius 2 is 1.86 bits per heavy atom. The van der Waals surface area contributed by atoms with Crippen LogP contribution in [-0.4, -0.2) is 53.0 Å². The van der Waals surface area contributed by atoms with E-state index >= 15 is 0 Å². The van der Waals surface area contributed by atoms with Gasteiger partial charge in [-0.3, -0.25) is 4.79 Å². The molecule has 1 fully saturated rings. The summed E-state index contributed by atoms with van der Waals surface area (Å²) in [6.45, 7) is 4.15. The fraction of sp³-hybridized carbons (Fsp3) is 0.450. The first-order valence-corrected chi connectivity index (χ1v) is 10.4. The molecule has 0 aliphatic carbocycles. The van der Waals surface area contributed by atoms with Gasteiger partial charge in [-0.2, -0.15) is 0 Å². The van der Waals surface area contributed by atoms with Gasteiger partial charge >= 0.3 is 6.09 Å². The molecule has 2 heterocycles. The van der Waals surface area contributed by atoms with Crippen molar-refractivity contribution in [3.05, 3.63) is 52.0 Å². The van der Waals surface area contributed by atoms with E-state index in [-0.39, 0.29) is 24.6 Å². The molecule has 1 aromatic heterocycles. The molecule has 2 N–H and O–H groups in total. The Bertz CT molecular complexity index is 788. The largest absolute Gasteiger partial charge is 0.445 e. The van der Waals surface area contributed by atoms with E-state index in [0.717, 1.165) is 23.4 Å². The SMILES string of the molecule is CCCC(N)c1nc(C(=O)N2CCN(C(=O)OCc3ccccc3)CC2)cs1. The van der Waals surface area contributed by atoms with Crippen molar-refractivity contribution in [3.63, 3.8) is 0 Å². The monoisotopic (exact) mass is 402 g/mol. The molecule has 0 radical (unpaired) electrons. The molecule has 2 amide bonds. The van der Waals surface area contributed by atoms with Crippen LogP contribution in [0.4, 0.5) is 4.79 Å². The number of rotatable bonds is 6. The molecular weight excluding hydrogens is 376 g/mol. The number of carbonyl (C=O) groups excluding carboxylic acids is 2. The quantitative estimate of drug-likeness (QED) is 0.802. The number of carbonyl (C=O) groups is 2. The lowest BCUT2D eigenvalue weighted by Crippen LogP contribution is -2.50. The number of piperazine rings is 1. The molecule has 1 unspecified atom stereocenters. The van der Waals surface area contributed by atoms with Crippen LogP contribution in [0, 0.1) is 0 Å². The minimum Gasteiger partial charge on any atom is -0.445 e. The van der Waals surface area contributed by atoms with Gasteiger partial charge in [-0.25, -0.2) is 9.78 Å². The minimum absolute atomic E-state index is 0.108. The van der Waals surface area contributed by atoms with Gasteiger partial charge in [0.25, 0.3) is 5.91 Å². The summed E-state index contributed by atoms with van der Waals surface area (Å²) in [6.07, 6.45) is 1.48. The maximum atomic E-state index is 12.7. The first-order chi connectivity index (χ1) is 13.6. The Labute approximate surface area is 169 Å². The Balaban J connectivity index is 1.48. The molecule has 0 spiro atoms. The Morgan fingerprint density at radius 1 is 1.18 bits per heavy atom. The molecular formula is C20H26N4O3S. The van der Waals surface area contributed by atoms with E-state index in [1.165, 1.54) is 11.3 Å². The predicted molar refractivity (Wildman–Crippen MR) is 108 cm³/mol. The summed E-state index contributed by atoms with van der Waals surface area (Å²) < 4.78 is 5.36. The Hall–Kier alpha value is -2.45. The fourth-order valence-electron chi connectivity index (χ4n) is 3.06. The molecule has 150 valence electrons. The molecule has 1 saturated heterocycles. The number of hydrogen-bond acceptors (Lipinski definition) is 6. The van der Waals surface area contributed by atoms with Crippen LogP contribution >= 0.6 is 11.3 Å². The second-order valence-electron chi connectivity index (χ2n) is 6.79. The number of benzene rings is 1. The van der Waals surface area contributed by atoms with Gasteiger partial charge in [0.1, 0.15) is 17.3 Å². The molecule has 0 bridgehead atoms. The topological polar surface area (TPSA) is 88.8 Å². The van der Waals surface area contributed by atoms with E-state index in [1.54, 1.807) is 15.2 Å². The maximum absolute atomic E-state index is 12.7. The molecule has 1 atom stereocenters. The van der Waals surface area contributed by atoms with Crippen molar-refractivity contribution in [2.24, 2.45) is 5.73 Å². The normalized spacial score (nSPS) is 15.4. The molecule has 2 aromatic rings. The summed E-state index contributed by atoms with van der Waals surface area (Å²) in [7, 11) is 0. The van der Waals surface area contributed by atoms with Gasteiger partial charge < -0.3 is 20.3 Å². The van der Waals surface area contributed by atoms with Crippen LogP contribution in [-0.2, 0) is 11.3 Å². The summed E-state index contributed by atoms with van der Waals surface area (Å²) in [4.78, 5) is 32.7. The first kappa shape index (κ1) is 20.3. The summed E-state index contributed by atoms with van der Waals surface area (Å²) >= 11 is 1.43. The van der Waals surface area contributed by atoms with Crippen molar-refractivity contribution in [2.75, 3.05) is 26.2 Å². The van der Waals surface area contributed by atoms with Crippen molar-refractivity contribution in [1.29, 1.82) is 0 Å². The van der Waals surface area contributed by atoms with Crippen molar-refractivity contribution >= 4 is 23.3 Å². The molecule has 1 aromatic carbocycles. The zero-order chi connectivity index (χ0) is 19.9. The van der Waals surface area contributed by atoms with Crippen molar-refractivity contribution in [2.45, 2.75) is 32.4 Å². The third kappa shape index (κ3) is 5.08. The second-order valence-corrected chi connectivity index (χ2v) is 7.68. The first-order valence-electron chi connectivity index (χ1n) is 9.54. The average molecular weight is 403 g/mol. The van der Waals surface area contributed by atoms with Gasteiger partial charge in [-0.1, -0.05) is 43.7 Å². The highest BCUT2D eigenvalue weighted by Gasteiger charge is 2.27. The van der Waals surface area contributed by atoms with Crippen LogP contribution in [0.5, 0.6) is 0 Å². The van der Waals surface area contributed by atoms with Crippen LogP contribution in [0.1, 0.15) is 46.9 Å². The maximum Gasteiger partial charge on any atom is 0.410 e. The predicted octanol–water partition coefficient (Wildman–Crippen LogP) is 3.04. The van der Waals surface area contributed by atoms with Gasteiger partial charge in [-0.05, 0) is 12.0 Å². The highest BCUT2D eigenvalue weighted by Crippen LogP contribution is 2.21. The van der Waals surface area contributed by atoms with E-state index in [4.69, 9.17) is 10.5 Å². The van der Waals surface area contributed by atoms with Gasteiger partial charge in [0.2, 0.25) is 0 Å². The zero-order valence-corrected chi connectivity index (χ0v) is 16.9. The van der Waals surface area contributed by atoms with E-state index in [9.17, 15) is 9.59 Å². The highest BCUT2D eigenvalue weighted by atomic mass is 32.1. The molecule has 8 heteroatoms. The van der Waals surface area contributed by atoms with Gasteiger partial charge in [0.05, 0.1) is 6.04 Å². The van der Waals surface area contributed by atoms with E-state index in [2.05, 4.69) is 11.9 Å². The smallest absolute Gasteiger partial charge is 0.410 e. The summed E-state index contributed by atoms with van der Waals surface area (Å²) in [5.41, 5.74) is 7.47. The minimum atomic E-state index is -0.350. The number of nitrogens with two attached hydrogens (primary N) is 1. The van der Waals surface area contributed by atoms with Crippen LogP contribution in [0.15, 0.2) is 35.7 Å². The number of nitrogens with zero attached hydrogens (tertiary/aromatic N) is 3. The van der Waals surface area contributed by atoms with Crippen LogP contribution in [0.25, 0.3) is 0 Å². The Morgan fingerprint density at radius 3 is 2.54 bits per heavy atom. The lowest BCUT2D eigenvalue weighted by Gasteiger charge is -2.33. The molecule has 0 saturated carbocycles. The fourth-order valence-corrected chi connectivity index (χ4v) is 3.88. The lowest BCUT2D eigenvalue weighted by atomic mass is 10.2. The highest BCUT2D eigenvalue weighted by molar-refractivity contribution is 7.09. The summed E-state index contributed by atoms with van der Waals surface area (Å²) in [5, 5.41) is 2.57. The van der Waals surface area contributed by atoms with Gasteiger partial charge in [-0.15, -0.1) is 11.3 Å². The van der Waals surface area contributed by atoms with Crippen molar-refractivity contribution in [3.8, 4) is 0 Å². The van der Waals surface area contributed by atoms with Crippen LogP contribution in [0.3, 0.4) is 0 Å². The van der Waals surface area contributed by atoms with Crippen molar-refractivity contribution < 1.29 is 14.3 Å². The molecule has 28 heavy (non-hydrogen) atoms. The number of thiazole rings is 1. The van der Waals surface area contributed by atoms with Crippen LogP contribution < -0.4 is 5.73 Å². The molecule has 1 aliphatic heterocycles. The summed E-state index contributed by atoms with van der Waals surface area (Å²) in [5.74, 6) is -0.108. The van der Waals surface area contributed by atoms with Crippen LogP contribution in [0.2, 0.25) is 0 Å². The van der Waals surface area contributed by atoms with Gasteiger partial charge in [0, 0.05) is 31.6 Å². The summed E-state index contributed by atoms with van der Waals surface area (Å²) in [6, 6.07) is 9.45. The average Bonchev–Trinajstić information content (AvgIpc) is 3.23. The molecule has 7 nitrogen and oxygen atoms in total. The van der Waals surface area contributed by atoms with E-state index < -0.39 is 0 Å². The number of aromatic nitrogens is 1. The standard InChI is InChI=1S/C20H26N4O3S/c1-2-6-16(21)18-22-17(14-28-18)19(25)23-9-11-24(12-10-23)20(26)27-13-15-7-4-3-5-8-15/h3-5,7-8,14,16H,2,6,9-13,21H2,1H3. The van der Waals surface area contributed by atoms with Gasteiger partial charge in [0.15, 0.2) is 0 Å². The second kappa shape index (κ2) is 9.66. The van der Waals surface area contributed by atoms with E-state index in [0.29, 0.717) is 31.9 Å². The number of hydrogen-bond donors (Lipinski definition) is 1. The number of amides is 2. The zero-order valence-electron chi connectivity index (χ0n) is 16.0. The molecule has 3 rings (SSSR count). The third-order valence-corrected chi connectivity index (χ3v) is 5.66.